The number of nitrogens with zero attached hydrogens (tertiary/aromatic N) is 2. The smallest absolute Gasteiger partial charge is 0.447 e. The number of ether oxygens (including phenoxy) is 1. The lowest BCUT2D eigenvalue weighted by Gasteiger charge is -2.32. The molecule has 3 rings (SSSR count). The number of carbonyl (C=O) groups is 2. The molecule has 1 aromatic heterocycles. The lowest BCUT2D eigenvalue weighted by Crippen LogP contribution is -2.52. The van der Waals surface area contributed by atoms with Crippen molar-refractivity contribution in [3.63, 3.8) is 0 Å². The SMILES string of the molecule is CCOP(=O)(OCC)OCC(O)CC(COC(=O)Nc1cc(-c2ccccc2)on1)N(NCc1cccc(F)c1F)C(C)=O. The summed E-state index contributed by atoms with van der Waals surface area (Å²) in [6, 6.07) is 13.0. The van der Waals surface area contributed by atoms with Gasteiger partial charge in [0.2, 0.25) is 5.91 Å². The number of hydrogen-bond acceptors (Lipinski definition) is 11. The Morgan fingerprint density at radius 2 is 1.75 bits per heavy atom. The fraction of sp³-hybridized carbons (Fsp3) is 0.393. The van der Waals surface area contributed by atoms with Crippen LogP contribution in [0.25, 0.3) is 11.3 Å². The van der Waals surface area contributed by atoms with Gasteiger partial charge in [-0.3, -0.25) is 28.7 Å². The van der Waals surface area contributed by atoms with Gasteiger partial charge in [-0.1, -0.05) is 47.6 Å². The summed E-state index contributed by atoms with van der Waals surface area (Å²) >= 11 is 0. The first-order valence-electron chi connectivity index (χ1n) is 13.7. The summed E-state index contributed by atoms with van der Waals surface area (Å²) in [4.78, 5) is 25.2. The molecule has 0 aliphatic heterocycles. The highest BCUT2D eigenvalue weighted by atomic mass is 31.2. The molecule has 44 heavy (non-hydrogen) atoms. The Balaban J connectivity index is 1.71. The van der Waals surface area contributed by atoms with Crippen LogP contribution in [-0.2, 0) is 34.2 Å². The second-order valence-corrected chi connectivity index (χ2v) is 10.9. The van der Waals surface area contributed by atoms with Gasteiger partial charge in [0.05, 0.1) is 32.0 Å². The Labute approximate surface area is 253 Å². The number of aliphatic hydroxyl groups excluding tert-OH is 1. The zero-order valence-corrected chi connectivity index (χ0v) is 25.3. The summed E-state index contributed by atoms with van der Waals surface area (Å²) in [5.41, 5.74) is 3.35. The normalized spacial score (nSPS) is 12.9. The third-order valence-corrected chi connectivity index (χ3v) is 7.54. The molecule has 0 saturated carbocycles. The molecule has 0 saturated heterocycles. The number of halogens is 2. The first-order chi connectivity index (χ1) is 21.0. The van der Waals surface area contributed by atoms with Crippen molar-refractivity contribution in [1.82, 2.24) is 15.6 Å². The number of anilines is 1. The molecule has 240 valence electrons. The van der Waals surface area contributed by atoms with Crippen molar-refractivity contribution in [2.75, 3.05) is 31.7 Å². The quantitative estimate of drug-likeness (QED) is 0.134. The van der Waals surface area contributed by atoms with Gasteiger partial charge in [0.25, 0.3) is 0 Å². The summed E-state index contributed by atoms with van der Waals surface area (Å²) in [6.07, 6.45) is -2.59. The summed E-state index contributed by atoms with van der Waals surface area (Å²) in [5.74, 6) is -2.31. The highest BCUT2D eigenvalue weighted by Crippen LogP contribution is 2.49. The molecule has 2 aromatic carbocycles. The van der Waals surface area contributed by atoms with E-state index in [4.69, 9.17) is 22.8 Å². The fourth-order valence-corrected chi connectivity index (χ4v) is 5.18. The van der Waals surface area contributed by atoms with Crippen LogP contribution in [0.2, 0.25) is 0 Å². The second-order valence-electron chi connectivity index (χ2n) is 9.22. The first kappa shape index (κ1) is 34.8. The second kappa shape index (κ2) is 16.9. The van der Waals surface area contributed by atoms with E-state index in [1.54, 1.807) is 26.0 Å². The molecule has 0 fully saturated rings. The molecule has 16 heteroatoms. The molecule has 0 spiro atoms. The van der Waals surface area contributed by atoms with Gasteiger partial charge in [-0.25, -0.2) is 23.6 Å². The van der Waals surface area contributed by atoms with E-state index in [9.17, 15) is 28.0 Å². The van der Waals surface area contributed by atoms with Crippen molar-refractivity contribution in [3.05, 3.63) is 71.8 Å². The number of aliphatic hydroxyl groups is 1. The van der Waals surface area contributed by atoms with Crippen molar-refractivity contribution >= 4 is 25.6 Å². The zero-order valence-electron chi connectivity index (χ0n) is 24.4. The summed E-state index contributed by atoms with van der Waals surface area (Å²) in [5, 5.41) is 17.9. The van der Waals surface area contributed by atoms with Gasteiger partial charge in [-0.05, 0) is 19.9 Å². The largest absolute Gasteiger partial charge is 0.474 e. The van der Waals surface area contributed by atoms with Crippen molar-refractivity contribution in [2.45, 2.75) is 45.9 Å². The Kier molecular flexibility index (Phi) is 13.4. The molecule has 0 aliphatic rings. The van der Waals surface area contributed by atoms with Crippen molar-refractivity contribution in [2.24, 2.45) is 0 Å². The number of aromatic nitrogens is 1. The van der Waals surface area contributed by atoms with Crippen LogP contribution in [0.4, 0.5) is 19.4 Å². The van der Waals surface area contributed by atoms with Crippen molar-refractivity contribution in [1.29, 1.82) is 0 Å². The molecule has 0 radical (unpaired) electrons. The third-order valence-electron chi connectivity index (χ3n) is 5.92. The minimum absolute atomic E-state index is 0.0238. The predicted molar refractivity (Wildman–Crippen MR) is 154 cm³/mol. The van der Waals surface area contributed by atoms with Crippen LogP contribution >= 0.6 is 7.82 Å². The average Bonchev–Trinajstić information content (AvgIpc) is 3.46. The summed E-state index contributed by atoms with van der Waals surface area (Å²) in [6.45, 7) is 3.09. The monoisotopic (exact) mass is 640 g/mol. The molecule has 2 atom stereocenters. The molecule has 2 unspecified atom stereocenters. The van der Waals surface area contributed by atoms with E-state index in [-0.39, 0.29) is 37.6 Å². The van der Waals surface area contributed by atoms with E-state index in [1.165, 1.54) is 25.1 Å². The highest BCUT2D eigenvalue weighted by molar-refractivity contribution is 7.48. The van der Waals surface area contributed by atoms with E-state index in [0.29, 0.717) is 5.76 Å². The van der Waals surface area contributed by atoms with E-state index < -0.39 is 56.8 Å². The molecule has 0 aliphatic carbocycles. The van der Waals surface area contributed by atoms with Gasteiger partial charge in [-0.15, -0.1) is 0 Å². The fourth-order valence-electron chi connectivity index (χ4n) is 3.97. The highest BCUT2D eigenvalue weighted by Gasteiger charge is 2.30. The number of hydrazine groups is 1. The van der Waals surface area contributed by atoms with Crippen LogP contribution in [0.3, 0.4) is 0 Å². The van der Waals surface area contributed by atoms with Crippen LogP contribution < -0.4 is 10.7 Å². The lowest BCUT2D eigenvalue weighted by molar-refractivity contribution is -0.137. The molecular weight excluding hydrogens is 605 g/mol. The molecule has 0 bridgehead atoms. The third kappa shape index (κ3) is 10.5. The Bertz CT molecular complexity index is 1400. The van der Waals surface area contributed by atoms with Gasteiger partial charge in [0.1, 0.15) is 6.61 Å². The van der Waals surface area contributed by atoms with Gasteiger partial charge in [0, 0.05) is 37.1 Å². The molecule has 3 N–H and O–H groups in total. The van der Waals surface area contributed by atoms with Crippen LogP contribution in [0.5, 0.6) is 0 Å². The molecule has 3 aromatic rings. The average molecular weight is 641 g/mol. The molecular formula is C28H35F2N4O9P. The number of carbonyl (C=O) groups excluding carboxylic acids is 2. The minimum Gasteiger partial charge on any atom is -0.447 e. The Hall–Kier alpha value is -3.72. The molecule has 2 amide bonds. The maximum Gasteiger partial charge on any atom is 0.474 e. The summed E-state index contributed by atoms with van der Waals surface area (Å²) < 4.78 is 66.5. The summed E-state index contributed by atoms with van der Waals surface area (Å²) in [7, 11) is -3.96. The number of phosphoric acid groups is 1. The van der Waals surface area contributed by atoms with Gasteiger partial charge in [0.15, 0.2) is 23.2 Å². The van der Waals surface area contributed by atoms with Crippen molar-refractivity contribution < 1.29 is 50.9 Å². The number of nitrogens with one attached hydrogen (secondary N) is 2. The van der Waals surface area contributed by atoms with Gasteiger partial charge >= 0.3 is 13.9 Å². The predicted octanol–water partition coefficient (Wildman–Crippen LogP) is 5.04. The molecule has 13 nitrogen and oxygen atoms in total. The number of hydrogen-bond donors (Lipinski definition) is 3. The topological polar surface area (TPSA) is 162 Å². The number of amides is 2. The zero-order chi connectivity index (χ0) is 32.1. The van der Waals surface area contributed by atoms with E-state index >= 15 is 0 Å². The number of rotatable bonds is 17. The van der Waals surface area contributed by atoms with Crippen molar-refractivity contribution in [3.8, 4) is 11.3 Å². The Morgan fingerprint density at radius 3 is 2.41 bits per heavy atom. The van der Waals surface area contributed by atoms with E-state index in [2.05, 4.69) is 15.9 Å². The van der Waals surface area contributed by atoms with Crippen LogP contribution in [0.1, 0.15) is 32.8 Å². The number of phosphoric ester groups is 1. The van der Waals surface area contributed by atoms with Crippen LogP contribution in [-0.4, -0.2) is 65.8 Å². The van der Waals surface area contributed by atoms with E-state index in [1.807, 2.05) is 18.2 Å². The van der Waals surface area contributed by atoms with Gasteiger partial charge < -0.3 is 14.4 Å². The minimum atomic E-state index is -3.96. The maximum atomic E-state index is 14.3. The van der Waals surface area contributed by atoms with Crippen LogP contribution in [0, 0.1) is 11.6 Å². The Morgan fingerprint density at radius 1 is 1.05 bits per heavy atom. The van der Waals surface area contributed by atoms with Crippen LogP contribution in [0.15, 0.2) is 59.1 Å². The standard InChI is InChI=1S/C28H35F2N4O9P/c1-4-40-44(38,41-5-2)42-18-23(36)14-22(34(19(3)35)31-16-21-12-9-13-24(29)27(21)30)17-39-28(37)32-26-15-25(43-33-26)20-10-7-6-8-11-20/h6-13,15,22-23,31,36H,4-5,14,16-18H2,1-3H3,(H,32,33,37). The van der Waals surface area contributed by atoms with E-state index in [0.717, 1.165) is 16.6 Å². The first-order valence-corrected chi connectivity index (χ1v) is 15.1. The van der Waals surface area contributed by atoms with Gasteiger partial charge in [-0.2, -0.15) is 0 Å². The number of benzene rings is 2. The maximum absolute atomic E-state index is 14.3. The molecule has 1 heterocycles. The lowest BCUT2D eigenvalue weighted by atomic mass is 10.1.